The molecule has 2 nitrogen and oxygen atoms in total. The normalized spacial score (nSPS) is 31.1. The molecule has 1 rings (SSSR count). The molecular formula is C12H23FO2Si. The van der Waals surface area contributed by atoms with E-state index in [9.17, 15) is 9.50 Å². The van der Waals surface area contributed by atoms with E-state index in [0.717, 1.165) is 0 Å². The van der Waals surface area contributed by atoms with Crippen LogP contribution in [0, 0.1) is 0 Å². The summed E-state index contributed by atoms with van der Waals surface area (Å²) in [5, 5.41) is 9.37. The molecule has 16 heavy (non-hydrogen) atoms. The fourth-order valence-corrected chi connectivity index (χ4v) is 2.43. The summed E-state index contributed by atoms with van der Waals surface area (Å²) in [4.78, 5) is 0. The summed E-state index contributed by atoms with van der Waals surface area (Å²) in [6, 6.07) is 0. The highest BCUT2D eigenvalue weighted by atomic mass is 28.4. The highest BCUT2D eigenvalue weighted by Crippen LogP contribution is 2.38. The smallest absolute Gasteiger partial charge is 0.192 e. The molecule has 0 saturated carbocycles. The maximum atomic E-state index is 14.1. The van der Waals surface area contributed by atoms with E-state index in [1.54, 1.807) is 0 Å². The molecule has 0 heterocycles. The lowest BCUT2D eigenvalue weighted by atomic mass is 10.1. The molecule has 1 aliphatic carbocycles. The first kappa shape index (κ1) is 13.9. The van der Waals surface area contributed by atoms with Gasteiger partial charge in [-0.05, 0) is 24.2 Å². The van der Waals surface area contributed by atoms with Crippen LogP contribution < -0.4 is 0 Å². The van der Waals surface area contributed by atoms with Gasteiger partial charge in [0.05, 0.1) is 12.7 Å². The summed E-state index contributed by atoms with van der Waals surface area (Å²) in [6.07, 6.45) is 2.41. The second-order valence-corrected chi connectivity index (χ2v) is 11.0. The van der Waals surface area contributed by atoms with Crippen molar-refractivity contribution in [3.63, 3.8) is 0 Å². The molecule has 0 spiro atoms. The van der Waals surface area contributed by atoms with Crippen molar-refractivity contribution in [1.29, 1.82) is 0 Å². The zero-order valence-electron chi connectivity index (χ0n) is 10.9. The zero-order valence-corrected chi connectivity index (χ0v) is 11.9. The van der Waals surface area contributed by atoms with E-state index >= 15 is 0 Å². The molecule has 4 heteroatoms. The molecule has 0 fully saturated rings. The van der Waals surface area contributed by atoms with Crippen LogP contribution in [0.2, 0.25) is 18.1 Å². The molecule has 2 atom stereocenters. The number of hydrogen-bond acceptors (Lipinski definition) is 2. The summed E-state index contributed by atoms with van der Waals surface area (Å²) in [7, 11) is -1.90. The average Bonchev–Trinajstić information content (AvgIpc) is 2.42. The van der Waals surface area contributed by atoms with Crippen LogP contribution in [0.15, 0.2) is 12.2 Å². The van der Waals surface area contributed by atoms with Crippen molar-refractivity contribution in [3.8, 4) is 0 Å². The van der Waals surface area contributed by atoms with Crippen molar-refractivity contribution in [2.24, 2.45) is 0 Å². The molecule has 0 radical (unpaired) electrons. The molecule has 0 aromatic carbocycles. The van der Waals surface area contributed by atoms with Crippen LogP contribution in [0.25, 0.3) is 0 Å². The first-order valence-corrected chi connectivity index (χ1v) is 8.67. The molecular weight excluding hydrogens is 223 g/mol. The van der Waals surface area contributed by atoms with Gasteiger partial charge in [0.1, 0.15) is 0 Å². The van der Waals surface area contributed by atoms with Crippen LogP contribution in [0.4, 0.5) is 4.39 Å². The predicted octanol–water partition coefficient (Wildman–Crippen LogP) is 3.04. The Morgan fingerprint density at radius 2 is 2.06 bits per heavy atom. The van der Waals surface area contributed by atoms with Gasteiger partial charge in [-0.15, -0.1) is 0 Å². The van der Waals surface area contributed by atoms with E-state index in [0.29, 0.717) is 0 Å². The number of hydrogen-bond donors (Lipinski definition) is 1. The van der Waals surface area contributed by atoms with Crippen LogP contribution in [-0.2, 0) is 4.43 Å². The first-order valence-electron chi connectivity index (χ1n) is 5.76. The third-order valence-electron chi connectivity index (χ3n) is 3.64. The maximum absolute atomic E-state index is 14.1. The van der Waals surface area contributed by atoms with Gasteiger partial charge < -0.3 is 9.53 Å². The van der Waals surface area contributed by atoms with Gasteiger partial charge >= 0.3 is 0 Å². The highest BCUT2D eigenvalue weighted by Gasteiger charge is 2.41. The number of rotatable bonds is 3. The summed E-state index contributed by atoms with van der Waals surface area (Å²) < 4.78 is 20.0. The van der Waals surface area contributed by atoms with E-state index in [-0.39, 0.29) is 18.1 Å². The van der Waals surface area contributed by atoms with Gasteiger partial charge in [-0.25, -0.2) is 4.39 Å². The monoisotopic (exact) mass is 246 g/mol. The number of aliphatic hydroxyl groups excluding tert-OH is 1. The average molecular weight is 246 g/mol. The Morgan fingerprint density at radius 3 is 2.44 bits per heavy atom. The molecule has 0 aromatic rings. The topological polar surface area (TPSA) is 29.5 Å². The van der Waals surface area contributed by atoms with Gasteiger partial charge in [0.2, 0.25) is 0 Å². The summed E-state index contributed by atoms with van der Waals surface area (Å²) in [5.74, 6) is 0. The van der Waals surface area contributed by atoms with Crippen LogP contribution in [0.1, 0.15) is 27.2 Å². The fourth-order valence-electron chi connectivity index (χ4n) is 1.39. The van der Waals surface area contributed by atoms with E-state index in [4.69, 9.17) is 4.43 Å². The molecule has 1 aliphatic rings. The van der Waals surface area contributed by atoms with Crippen LogP contribution in [0.5, 0.6) is 0 Å². The van der Waals surface area contributed by atoms with E-state index in [1.165, 1.54) is 12.2 Å². The van der Waals surface area contributed by atoms with Crippen LogP contribution in [0.3, 0.4) is 0 Å². The molecule has 0 amide bonds. The van der Waals surface area contributed by atoms with E-state index < -0.39 is 20.1 Å². The molecule has 0 bridgehead atoms. The Morgan fingerprint density at radius 1 is 1.50 bits per heavy atom. The van der Waals surface area contributed by atoms with Gasteiger partial charge in [-0.2, -0.15) is 0 Å². The maximum Gasteiger partial charge on any atom is 0.192 e. The van der Waals surface area contributed by atoms with Crippen LogP contribution in [-0.4, -0.2) is 31.8 Å². The SMILES string of the molecule is CC(C)(C)[Si](C)(C)OC[C@]1(F)C=CC(O)C1. The molecule has 0 aliphatic heterocycles. The molecule has 1 unspecified atom stereocenters. The minimum Gasteiger partial charge on any atom is -0.413 e. The van der Waals surface area contributed by atoms with Gasteiger partial charge in [-0.3, -0.25) is 0 Å². The van der Waals surface area contributed by atoms with Gasteiger partial charge in [-0.1, -0.05) is 26.8 Å². The standard InChI is InChI=1S/C12H23FO2Si/c1-11(2,3)16(4,5)15-9-12(13)7-6-10(14)8-12/h6-7,10,14H,8-9H2,1-5H3/t10?,12-/m0/s1. The van der Waals surface area contributed by atoms with Crippen molar-refractivity contribution in [2.45, 2.75) is 57.1 Å². The van der Waals surface area contributed by atoms with Crippen molar-refractivity contribution in [1.82, 2.24) is 0 Å². The van der Waals surface area contributed by atoms with Gasteiger partial charge in [0, 0.05) is 6.42 Å². The molecule has 94 valence electrons. The Hall–Kier alpha value is -0.193. The largest absolute Gasteiger partial charge is 0.413 e. The Kier molecular flexibility index (Phi) is 3.67. The van der Waals surface area contributed by atoms with Crippen molar-refractivity contribution in [3.05, 3.63) is 12.2 Å². The van der Waals surface area contributed by atoms with Crippen LogP contribution >= 0.6 is 0 Å². The summed E-state index contributed by atoms with van der Waals surface area (Å²) in [6.45, 7) is 10.7. The van der Waals surface area contributed by atoms with Gasteiger partial charge in [0.25, 0.3) is 0 Å². The Balaban J connectivity index is 2.56. The Labute approximate surface area is 98.6 Å². The molecule has 0 saturated heterocycles. The summed E-state index contributed by atoms with van der Waals surface area (Å²) in [5.41, 5.74) is -1.48. The fraction of sp³-hybridized carbons (Fsp3) is 0.833. The minimum atomic E-state index is -1.90. The lowest BCUT2D eigenvalue weighted by molar-refractivity contribution is 0.0854. The minimum absolute atomic E-state index is 0.0665. The second kappa shape index (κ2) is 4.24. The third kappa shape index (κ3) is 3.15. The number of halogens is 1. The Bertz CT molecular complexity index is 283. The van der Waals surface area contributed by atoms with E-state index in [2.05, 4.69) is 33.9 Å². The zero-order chi connectivity index (χ0) is 12.6. The highest BCUT2D eigenvalue weighted by molar-refractivity contribution is 6.74. The second-order valence-electron chi connectivity index (χ2n) is 6.21. The molecule has 0 aromatic heterocycles. The van der Waals surface area contributed by atoms with E-state index in [1.807, 2.05) is 0 Å². The first-order chi connectivity index (χ1) is 7.06. The van der Waals surface area contributed by atoms with Crippen molar-refractivity contribution < 1.29 is 13.9 Å². The lowest BCUT2D eigenvalue weighted by Gasteiger charge is -2.37. The van der Waals surface area contributed by atoms with Crippen molar-refractivity contribution >= 4 is 8.32 Å². The van der Waals surface area contributed by atoms with Crippen molar-refractivity contribution in [2.75, 3.05) is 6.61 Å². The number of aliphatic hydroxyl groups is 1. The third-order valence-corrected chi connectivity index (χ3v) is 8.12. The lowest BCUT2D eigenvalue weighted by Crippen LogP contribution is -2.44. The van der Waals surface area contributed by atoms with Gasteiger partial charge in [0.15, 0.2) is 14.0 Å². The summed E-state index contributed by atoms with van der Waals surface area (Å²) >= 11 is 0. The molecule has 1 N–H and O–H groups in total. The number of alkyl halides is 1. The predicted molar refractivity (Wildman–Crippen MR) is 66.8 cm³/mol. The quantitative estimate of drug-likeness (QED) is 0.612.